The molecule has 0 aliphatic heterocycles. The molecule has 0 spiro atoms. The second-order valence-corrected chi connectivity index (χ2v) is 11.0. The second kappa shape index (κ2) is 10.0. The van der Waals surface area contributed by atoms with E-state index in [9.17, 15) is 0 Å². The van der Waals surface area contributed by atoms with E-state index >= 15 is 0 Å². The minimum atomic E-state index is 0.713. The molecule has 0 fully saturated rings. The summed E-state index contributed by atoms with van der Waals surface area (Å²) in [7, 11) is 0. The number of hydrogen-bond donors (Lipinski definition) is 1. The molecule has 0 atom stereocenters. The Kier molecular flexibility index (Phi) is 5.83. The fourth-order valence-electron chi connectivity index (χ4n) is 6.49. The normalized spacial score (nSPS) is 12.1. The van der Waals surface area contributed by atoms with Crippen LogP contribution in [0, 0.1) is 0 Å². The van der Waals surface area contributed by atoms with Gasteiger partial charge in [-0.25, -0.2) is 0 Å². The Morgan fingerprint density at radius 3 is 1.65 bits per heavy atom. The molecule has 1 aromatic heterocycles. The van der Waals surface area contributed by atoms with Crippen LogP contribution in [0.5, 0.6) is 0 Å². The standard InChI is InChI=1S/C40H29N3/c1-26(42-40-35-18-5-3-14-31(35)30-13-2-4-17-34(30)39(40)41)27-22-24-28(25-23-27)29-12-6-9-19-36(29)43-37-20-10-7-15-32(37)33-16-8-11-21-38(33)43/h2-25H,41H2,1H3. The Bertz CT molecular complexity index is 2300. The van der Waals surface area contributed by atoms with Crippen molar-refractivity contribution in [2.24, 2.45) is 4.99 Å². The molecule has 0 radical (unpaired) electrons. The van der Waals surface area contributed by atoms with Crippen molar-refractivity contribution in [3.63, 3.8) is 0 Å². The number of benzene rings is 7. The number of aromatic nitrogens is 1. The third-order valence-corrected chi connectivity index (χ3v) is 8.56. The van der Waals surface area contributed by atoms with Crippen LogP contribution < -0.4 is 5.73 Å². The SMILES string of the molecule is CC(=Nc1c(N)c2ccccc2c2ccccc12)c1ccc(-c2ccccc2-n2c3ccccc3c3ccccc32)cc1. The Hall–Kier alpha value is -5.67. The Labute approximate surface area is 250 Å². The van der Waals surface area contributed by atoms with Crippen LogP contribution in [-0.4, -0.2) is 10.3 Å². The number of nitrogens with two attached hydrogens (primary N) is 1. The van der Waals surface area contributed by atoms with Crippen molar-refractivity contribution in [3.05, 3.63) is 151 Å². The van der Waals surface area contributed by atoms with Gasteiger partial charge in [0.2, 0.25) is 0 Å². The van der Waals surface area contributed by atoms with Gasteiger partial charge in [0.05, 0.1) is 28.1 Å². The Morgan fingerprint density at radius 1 is 0.512 bits per heavy atom. The molecule has 43 heavy (non-hydrogen) atoms. The van der Waals surface area contributed by atoms with Crippen LogP contribution in [-0.2, 0) is 0 Å². The number of para-hydroxylation sites is 3. The van der Waals surface area contributed by atoms with Crippen LogP contribution in [0.15, 0.2) is 151 Å². The summed E-state index contributed by atoms with van der Waals surface area (Å²) in [5.41, 5.74) is 16.2. The first-order valence-corrected chi connectivity index (χ1v) is 14.6. The number of anilines is 1. The van der Waals surface area contributed by atoms with E-state index < -0.39 is 0 Å². The molecule has 0 unspecified atom stereocenters. The van der Waals surface area contributed by atoms with Crippen LogP contribution in [0.4, 0.5) is 11.4 Å². The van der Waals surface area contributed by atoms with Gasteiger partial charge in [0.15, 0.2) is 0 Å². The minimum Gasteiger partial charge on any atom is -0.396 e. The van der Waals surface area contributed by atoms with Crippen LogP contribution in [0.2, 0.25) is 0 Å². The second-order valence-electron chi connectivity index (χ2n) is 11.0. The van der Waals surface area contributed by atoms with Crippen molar-refractivity contribution < 1.29 is 0 Å². The first-order chi connectivity index (χ1) is 21.2. The number of nitrogens with zero attached hydrogens (tertiary/aromatic N) is 2. The zero-order chi connectivity index (χ0) is 28.9. The van der Waals surface area contributed by atoms with Crippen molar-refractivity contribution in [3.8, 4) is 16.8 Å². The number of aliphatic imine (C=N–C) groups is 1. The fourth-order valence-corrected chi connectivity index (χ4v) is 6.49. The van der Waals surface area contributed by atoms with E-state index in [4.69, 9.17) is 10.7 Å². The third kappa shape index (κ3) is 4.01. The lowest BCUT2D eigenvalue weighted by Crippen LogP contribution is -1.98. The van der Waals surface area contributed by atoms with Gasteiger partial charge >= 0.3 is 0 Å². The van der Waals surface area contributed by atoms with E-state index in [0.29, 0.717) is 5.69 Å². The largest absolute Gasteiger partial charge is 0.396 e. The summed E-state index contributed by atoms with van der Waals surface area (Å²) in [6, 6.07) is 51.3. The first-order valence-electron chi connectivity index (χ1n) is 14.6. The van der Waals surface area contributed by atoms with E-state index in [1.807, 2.05) is 12.1 Å². The summed E-state index contributed by atoms with van der Waals surface area (Å²) in [5.74, 6) is 0. The molecule has 0 bridgehead atoms. The zero-order valence-corrected chi connectivity index (χ0v) is 23.8. The molecular weight excluding hydrogens is 522 g/mol. The van der Waals surface area contributed by atoms with Gasteiger partial charge < -0.3 is 10.3 Å². The highest BCUT2D eigenvalue weighted by molar-refractivity contribution is 6.20. The summed E-state index contributed by atoms with van der Waals surface area (Å²) >= 11 is 0. The van der Waals surface area contributed by atoms with Crippen LogP contribution in [0.1, 0.15) is 12.5 Å². The Balaban J connectivity index is 1.23. The van der Waals surface area contributed by atoms with Gasteiger partial charge in [-0.05, 0) is 47.0 Å². The van der Waals surface area contributed by atoms with E-state index in [-0.39, 0.29) is 0 Å². The number of rotatable bonds is 4. The van der Waals surface area contributed by atoms with E-state index in [1.54, 1.807) is 0 Å². The maximum absolute atomic E-state index is 6.74. The molecule has 3 heteroatoms. The van der Waals surface area contributed by atoms with Gasteiger partial charge in [0.25, 0.3) is 0 Å². The number of nitrogen functional groups attached to an aromatic ring is 1. The molecule has 3 nitrogen and oxygen atoms in total. The quantitative estimate of drug-likeness (QED) is 0.132. The highest BCUT2D eigenvalue weighted by atomic mass is 15.0. The monoisotopic (exact) mass is 551 g/mol. The van der Waals surface area contributed by atoms with Crippen molar-refractivity contribution >= 4 is 60.4 Å². The highest BCUT2D eigenvalue weighted by Crippen LogP contribution is 2.41. The molecule has 8 aromatic rings. The van der Waals surface area contributed by atoms with Gasteiger partial charge in [-0.2, -0.15) is 0 Å². The first kappa shape index (κ1) is 25.1. The molecule has 1 heterocycles. The summed E-state index contributed by atoms with van der Waals surface area (Å²) < 4.78 is 2.38. The van der Waals surface area contributed by atoms with Gasteiger partial charge in [0, 0.05) is 32.8 Å². The van der Waals surface area contributed by atoms with Crippen molar-refractivity contribution in [1.29, 1.82) is 0 Å². The number of fused-ring (bicyclic) bond motifs is 6. The summed E-state index contributed by atoms with van der Waals surface area (Å²) in [4.78, 5) is 5.12. The van der Waals surface area contributed by atoms with Crippen LogP contribution in [0.25, 0.3) is 60.2 Å². The van der Waals surface area contributed by atoms with E-state index in [2.05, 4.69) is 145 Å². The average molecular weight is 552 g/mol. The van der Waals surface area contributed by atoms with Gasteiger partial charge in [0.1, 0.15) is 0 Å². The van der Waals surface area contributed by atoms with Gasteiger partial charge in [-0.3, -0.25) is 4.99 Å². The number of hydrogen-bond acceptors (Lipinski definition) is 2. The fraction of sp³-hybridized carbons (Fsp3) is 0.0250. The molecule has 204 valence electrons. The van der Waals surface area contributed by atoms with Gasteiger partial charge in [-0.15, -0.1) is 0 Å². The van der Waals surface area contributed by atoms with Crippen molar-refractivity contribution in [2.45, 2.75) is 6.92 Å². The molecule has 0 saturated heterocycles. The average Bonchev–Trinajstić information content (AvgIpc) is 3.41. The van der Waals surface area contributed by atoms with Crippen LogP contribution in [0.3, 0.4) is 0 Å². The van der Waals surface area contributed by atoms with E-state index in [1.165, 1.54) is 27.4 Å². The topological polar surface area (TPSA) is 43.3 Å². The lowest BCUT2D eigenvalue weighted by atomic mass is 9.98. The van der Waals surface area contributed by atoms with Crippen LogP contribution >= 0.6 is 0 Å². The predicted octanol–water partition coefficient (Wildman–Crippen LogP) is 10.5. The molecule has 2 N–H and O–H groups in total. The molecule has 0 saturated carbocycles. The predicted molar refractivity (Wildman–Crippen MR) is 184 cm³/mol. The third-order valence-electron chi connectivity index (χ3n) is 8.56. The van der Waals surface area contributed by atoms with Crippen molar-refractivity contribution in [1.82, 2.24) is 4.57 Å². The molecule has 8 rings (SSSR count). The maximum atomic E-state index is 6.74. The molecule has 0 amide bonds. The molecule has 0 aliphatic carbocycles. The van der Waals surface area contributed by atoms with Crippen molar-refractivity contribution in [2.75, 3.05) is 5.73 Å². The maximum Gasteiger partial charge on any atom is 0.0947 e. The Morgan fingerprint density at radius 2 is 1.00 bits per heavy atom. The molecule has 0 aliphatic rings. The summed E-state index contributed by atoms with van der Waals surface area (Å²) in [6.45, 7) is 2.06. The minimum absolute atomic E-state index is 0.713. The lowest BCUT2D eigenvalue weighted by molar-refractivity contribution is 1.18. The zero-order valence-electron chi connectivity index (χ0n) is 23.8. The smallest absolute Gasteiger partial charge is 0.0947 e. The van der Waals surface area contributed by atoms with Gasteiger partial charge in [-0.1, -0.05) is 127 Å². The lowest BCUT2D eigenvalue weighted by Gasteiger charge is -2.15. The summed E-state index contributed by atoms with van der Waals surface area (Å²) in [6.07, 6.45) is 0. The molecular formula is C40H29N3. The molecule has 7 aromatic carbocycles. The summed E-state index contributed by atoms with van der Waals surface area (Å²) in [5, 5.41) is 6.93. The van der Waals surface area contributed by atoms with E-state index in [0.717, 1.165) is 49.8 Å². The highest BCUT2D eigenvalue weighted by Gasteiger charge is 2.16.